The summed E-state index contributed by atoms with van der Waals surface area (Å²) in [7, 11) is 3.70. The normalized spacial score (nSPS) is 12.9. The fourth-order valence-corrected chi connectivity index (χ4v) is 3.44. The van der Waals surface area contributed by atoms with Crippen molar-refractivity contribution in [3.8, 4) is 0 Å². The molecule has 0 fully saturated rings. The number of aromatic nitrogens is 1. The maximum absolute atomic E-state index is 12.9. The van der Waals surface area contributed by atoms with E-state index in [1.54, 1.807) is 24.2 Å². The van der Waals surface area contributed by atoms with Crippen LogP contribution in [-0.2, 0) is 0 Å². The Balaban J connectivity index is 1.76. The van der Waals surface area contributed by atoms with Gasteiger partial charge in [-0.05, 0) is 42.8 Å². The molecule has 1 aliphatic heterocycles. The summed E-state index contributed by atoms with van der Waals surface area (Å²) in [6.45, 7) is 1.94. The van der Waals surface area contributed by atoms with Crippen molar-refractivity contribution in [1.29, 1.82) is 0 Å². The Morgan fingerprint density at radius 2 is 1.75 bits per heavy atom. The molecular formula is C22H20N4O2. The number of aldehydes is 1. The lowest BCUT2D eigenvalue weighted by atomic mass is 10.1. The number of carbonyl (C=O) groups is 2. The van der Waals surface area contributed by atoms with Crippen LogP contribution in [0, 0.1) is 6.92 Å². The highest BCUT2D eigenvalue weighted by Crippen LogP contribution is 2.40. The number of fused-ring (bicyclic) bond motifs is 2. The molecule has 0 aliphatic carbocycles. The van der Waals surface area contributed by atoms with Crippen molar-refractivity contribution >= 4 is 40.8 Å². The highest BCUT2D eigenvalue weighted by Gasteiger charge is 2.27. The van der Waals surface area contributed by atoms with Crippen molar-refractivity contribution in [2.45, 2.75) is 6.92 Å². The van der Waals surface area contributed by atoms with Crippen LogP contribution in [0.5, 0.6) is 0 Å². The van der Waals surface area contributed by atoms with Crippen LogP contribution in [0.4, 0.5) is 28.6 Å². The third-order valence-corrected chi connectivity index (χ3v) is 5.03. The summed E-state index contributed by atoms with van der Waals surface area (Å²) in [5, 5.41) is 3.31. The van der Waals surface area contributed by atoms with Gasteiger partial charge in [0.05, 0.1) is 28.8 Å². The highest BCUT2D eigenvalue weighted by atomic mass is 16.2. The zero-order valence-corrected chi connectivity index (χ0v) is 15.9. The molecule has 1 aliphatic rings. The van der Waals surface area contributed by atoms with E-state index in [9.17, 15) is 9.59 Å². The van der Waals surface area contributed by atoms with E-state index in [-0.39, 0.29) is 5.91 Å². The zero-order chi connectivity index (χ0) is 19.8. The van der Waals surface area contributed by atoms with Gasteiger partial charge in [0.15, 0.2) is 0 Å². The smallest absolute Gasteiger partial charge is 0.260 e. The summed E-state index contributed by atoms with van der Waals surface area (Å²) >= 11 is 0. The van der Waals surface area contributed by atoms with Crippen LogP contribution >= 0.6 is 0 Å². The Morgan fingerprint density at radius 1 is 0.964 bits per heavy atom. The number of nitrogens with one attached hydrogen (secondary N) is 1. The third kappa shape index (κ3) is 2.89. The fraction of sp³-hybridized carbons (Fsp3) is 0.136. The molecular weight excluding hydrogens is 352 g/mol. The van der Waals surface area contributed by atoms with Crippen LogP contribution in [0.15, 0.2) is 54.7 Å². The second-order valence-corrected chi connectivity index (χ2v) is 6.82. The molecule has 4 rings (SSSR count). The van der Waals surface area contributed by atoms with E-state index in [0.717, 1.165) is 34.6 Å². The Morgan fingerprint density at radius 3 is 2.50 bits per heavy atom. The largest absolute Gasteiger partial charge is 0.342 e. The van der Waals surface area contributed by atoms with E-state index in [1.807, 2.05) is 61.3 Å². The summed E-state index contributed by atoms with van der Waals surface area (Å²) in [6, 6.07) is 14.9. The first-order chi connectivity index (χ1) is 13.5. The molecule has 1 amide bonds. The number of amides is 1. The molecule has 1 N–H and O–H groups in total. The minimum absolute atomic E-state index is 0.0657. The number of hydrogen-bond donors (Lipinski definition) is 1. The van der Waals surface area contributed by atoms with Crippen molar-refractivity contribution in [3.05, 3.63) is 71.4 Å². The van der Waals surface area contributed by atoms with E-state index < -0.39 is 0 Å². The van der Waals surface area contributed by atoms with Crippen molar-refractivity contribution < 1.29 is 9.59 Å². The number of rotatable bonds is 3. The number of benzene rings is 2. The van der Waals surface area contributed by atoms with Crippen LogP contribution in [0.25, 0.3) is 0 Å². The van der Waals surface area contributed by atoms with Crippen LogP contribution in [0.1, 0.15) is 26.3 Å². The molecule has 1 aromatic heterocycles. The molecule has 0 radical (unpaired) electrons. The molecule has 2 aromatic carbocycles. The van der Waals surface area contributed by atoms with Crippen LogP contribution in [0.2, 0.25) is 0 Å². The molecule has 2 heterocycles. The van der Waals surface area contributed by atoms with Gasteiger partial charge in [-0.3, -0.25) is 9.59 Å². The maximum atomic E-state index is 12.9. The minimum atomic E-state index is -0.0657. The summed E-state index contributed by atoms with van der Waals surface area (Å²) < 4.78 is 0. The molecule has 6 heteroatoms. The number of nitrogens with zero attached hydrogens (tertiary/aromatic N) is 3. The molecule has 0 atom stereocenters. The van der Waals surface area contributed by atoms with Gasteiger partial charge >= 0.3 is 0 Å². The molecule has 28 heavy (non-hydrogen) atoms. The number of para-hydroxylation sites is 1. The standard InChI is InChI=1S/C22H20N4O2/c1-14-10-15(13-27)8-9-17(14)24-21-11-19-20(12-23-21)26(3)22(28)16-6-4-5-7-18(16)25(19)2/h4-13H,1-3H3,(H,23,24). The van der Waals surface area contributed by atoms with Crippen LogP contribution in [-0.4, -0.2) is 31.3 Å². The van der Waals surface area contributed by atoms with Gasteiger partial charge < -0.3 is 15.1 Å². The second kappa shape index (κ2) is 6.81. The van der Waals surface area contributed by atoms with Gasteiger partial charge in [0, 0.05) is 31.4 Å². The topological polar surface area (TPSA) is 65.5 Å². The predicted molar refractivity (Wildman–Crippen MR) is 111 cm³/mol. The number of pyridine rings is 1. The second-order valence-electron chi connectivity index (χ2n) is 6.82. The Kier molecular flexibility index (Phi) is 4.31. The summed E-state index contributed by atoms with van der Waals surface area (Å²) in [6.07, 6.45) is 2.53. The lowest BCUT2D eigenvalue weighted by Gasteiger charge is -2.23. The molecule has 0 bridgehead atoms. The van der Waals surface area contributed by atoms with E-state index in [0.29, 0.717) is 16.9 Å². The van der Waals surface area contributed by atoms with E-state index in [2.05, 4.69) is 10.3 Å². The van der Waals surface area contributed by atoms with Crippen molar-refractivity contribution in [2.24, 2.45) is 0 Å². The van der Waals surface area contributed by atoms with Gasteiger partial charge in [-0.15, -0.1) is 0 Å². The minimum Gasteiger partial charge on any atom is -0.342 e. The zero-order valence-electron chi connectivity index (χ0n) is 15.9. The van der Waals surface area contributed by atoms with Crippen LogP contribution in [0.3, 0.4) is 0 Å². The first kappa shape index (κ1) is 17.7. The van der Waals surface area contributed by atoms with Gasteiger partial charge in [0.25, 0.3) is 5.91 Å². The Bertz CT molecular complexity index is 1090. The maximum Gasteiger partial charge on any atom is 0.260 e. The average Bonchev–Trinajstić information content (AvgIpc) is 2.80. The lowest BCUT2D eigenvalue weighted by Crippen LogP contribution is -2.25. The first-order valence-corrected chi connectivity index (χ1v) is 8.93. The molecule has 3 aromatic rings. The first-order valence-electron chi connectivity index (χ1n) is 8.93. The molecule has 140 valence electrons. The number of hydrogen-bond acceptors (Lipinski definition) is 5. The monoisotopic (exact) mass is 372 g/mol. The van der Waals surface area contributed by atoms with E-state index in [1.165, 1.54) is 0 Å². The average molecular weight is 372 g/mol. The molecule has 0 saturated carbocycles. The summed E-state index contributed by atoms with van der Waals surface area (Å²) in [4.78, 5) is 31.9. The summed E-state index contributed by atoms with van der Waals surface area (Å²) in [5.74, 6) is 0.594. The van der Waals surface area contributed by atoms with Gasteiger partial charge in [-0.25, -0.2) is 4.98 Å². The van der Waals surface area contributed by atoms with Gasteiger partial charge in [0.1, 0.15) is 12.1 Å². The van der Waals surface area contributed by atoms with Gasteiger partial charge in [-0.1, -0.05) is 12.1 Å². The predicted octanol–water partition coefficient (Wildman–Crippen LogP) is 4.30. The quantitative estimate of drug-likeness (QED) is 0.694. The van der Waals surface area contributed by atoms with Crippen molar-refractivity contribution in [3.63, 3.8) is 0 Å². The number of aryl methyl sites for hydroxylation is 1. The Hall–Kier alpha value is -3.67. The molecule has 6 nitrogen and oxygen atoms in total. The Labute approximate surface area is 163 Å². The fourth-order valence-electron chi connectivity index (χ4n) is 3.44. The number of anilines is 5. The van der Waals surface area contributed by atoms with Crippen molar-refractivity contribution in [1.82, 2.24) is 4.98 Å². The van der Waals surface area contributed by atoms with E-state index >= 15 is 0 Å². The SMILES string of the molecule is Cc1cc(C=O)ccc1Nc1cc2c(cn1)N(C)C(=O)c1ccccc1N2C. The molecule has 0 unspecified atom stereocenters. The molecule has 0 spiro atoms. The van der Waals surface area contributed by atoms with E-state index in [4.69, 9.17) is 0 Å². The van der Waals surface area contributed by atoms with Gasteiger partial charge in [0.2, 0.25) is 0 Å². The number of carbonyl (C=O) groups excluding carboxylic acids is 2. The highest BCUT2D eigenvalue weighted by molar-refractivity contribution is 6.13. The molecule has 0 saturated heterocycles. The van der Waals surface area contributed by atoms with Crippen LogP contribution < -0.4 is 15.1 Å². The third-order valence-electron chi connectivity index (χ3n) is 5.03. The lowest BCUT2D eigenvalue weighted by molar-refractivity contribution is 0.0994. The van der Waals surface area contributed by atoms with Crippen molar-refractivity contribution in [2.75, 3.05) is 29.2 Å². The van der Waals surface area contributed by atoms with Gasteiger partial charge in [-0.2, -0.15) is 0 Å². The summed E-state index contributed by atoms with van der Waals surface area (Å²) in [5.41, 5.74) is 5.57.